The van der Waals surface area contributed by atoms with E-state index in [0.29, 0.717) is 6.04 Å². The van der Waals surface area contributed by atoms with Gasteiger partial charge in [0.1, 0.15) is 0 Å². The lowest BCUT2D eigenvalue weighted by molar-refractivity contribution is 0.119. The van der Waals surface area contributed by atoms with Crippen molar-refractivity contribution < 1.29 is 0 Å². The van der Waals surface area contributed by atoms with E-state index in [-0.39, 0.29) is 0 Å². The van der Waals surface area contributed by atoms with E-state index in [1.165, 1.54) is 39.0 Å². The number of hydrogen-bond donors (Lipinski definition) is 1. The maximum absolute atomic E-state index is 6.16. The Morgan fingerprint density at radius 1 is 1.12 bits per heavy atom. The first kappa shape index (κ1) is 12.3. The predicted molar refractivity (Wildman–Crippen MR) is 68.5 cm³/mol. The lowest BCUT2D eigenvalue weighted by atomic mass is 10.0. The quantitative estimate of drug-likeness (QED) is 0.761. The maximum Gasteiger partial charge on any atom is 0.0170 e. The van der Waals surface area contributed by atoms with Crippen molar-refractivity contribution in [2.45, 2.75) is 45.2 Å². The molecule has 1 heterocycles. The van der Waals surface area contributed by atoms with E-state index in [0.717, 1.165) is 24.9 Å². The minimum Gasteiger partial charge on any atom is -0.327 e. The topological polar surface area (TPSA) is 32.5 Å². The Hall–Kier alpha value is -0.120. The highest BCUT2D eigenvalue weighted by atomic mass is 15.3. The minimum atomic E-state index is 0.368. The van der Waals surface area contributed by atoms with Crippen molar-refractivity contribution in [1.29, 1.82) is 0 Å². The van der Waals surface area contributed by atoms with Crippen LogP contribution in [0.5, 0.6) is 0 Å². The molecule has 1 saturated heterocycles. The summed E-state index contributed by atoms with van der Waals surface area (Å²) in [6, 6.07) is 1.30. The Morgan fingerprint density at radius 2 is 1.75 bits per heavy atom. The summed E-state index contributed by atoms with van der Waals surface area (Å²) in [6.45, 7) is 10.6. The molecule has 2 aliphatic rings. The van der Waals surface area contributed by atoms with Crippen LogP contribution in [0.25, 0.3) is 0 Å². The third-order valence-corrected chi connectivity index (χ3v) is 3.74. The zero-order valence-electron chi connectivity index (χ0n) is 10.9. The molecule has 0 radical (unpaired) electrons. The molecule has 2 N–H and O–H groups in total. The molecule has 0 spiro atoms. The second-order valence-corrected chi connectivity index (χ2v) is 5.96. The van der Waals surface area contributed by atoms with Crippen molar-refractivity contribution in [2.24, 2.45) is 11.7 Å². The van der Waals surface area contributed by atoms with Gasteiger partial charge in [-0.25, -0.2) is 0 Å². The molecule has 0 bridgehead atoms. The largest absolute Gasteiger partial charge is 0.327 e. The highest BCUT2D eigenvalue weighted by Crippen LogP contribution is 2.27. The van der Waals surface area contributed by atoms with Crippen molar-refractivity contribution in [2.75, 3.05) is 32.7 Å². The Kier molecular flexibility index (Phi) is 4.22. The number of rotatable bonds is 5. The van der Waals surface area contributed by atoms with Crippen LogP contribution in [-0.2, 0) is 0 Å². The summed E-state index contributed by atoms with van der Waals surface area (Å²) in [5, 5.41) is 0. The number of nitrogens with zero attached hydrogens (tertiary/aromatic N) is 2. The lowest BCUT2D eigenvalue weighted by Gasteiger charge is -2.36. The Balaban J connectivity index is 1.64. The van der Waals surface area contributed by atoms with Crippen LogP contribution in [0.1, 0.15) is 33.1 Å². The van der Waals surface area contributed by atoms with Crippen molar-refractivity contribution in [1.82, 2.24) is 9.80 Å². The number of piperazine rings is 1. The molecule has 1 aliphatic heterocycles. The molecule has 3 nitrogen and oxygen atoms in total. The molecule has 0 amide bonds. The summed E-state index contributed by atoms with van der Waals surface area (Å²) in [6.07, 6.45) is 4.03. The van der Waals surface area contributed by atoms with Gasteiger partial charge in [0.05, 0.1) is 0 Å². The highest BCUT2D eigenvalue weighted by Gasteiger charge is 2.31. The van der Waals surface area contributed by atoms with E-state index in [2.05, 4.69) is 23.6 Å². The monoisotopic (exact) mass is 225 g/mol. The van der Waals surface area contributed by atoms with Gasteiger partial charge in [-0.2, -0.15) is 0 Å². The molecule has 0 aromatic rings. The van der Waals surface area contributed by atoms with E-state index in [9.17, 15) is 0 Å². The summed E-state index contributed by atoms with van der Waals surface area (Å²) in [5.74, 6) is 0.725. The Labute approximate surface area is 100.0 Å². The first-order valence-corrected chi connectivity index (χ1v) is 6.87. The first-order valence-electron chi connectivity index (χ1n) is 6.87. The van der Waals surface area contributed by atoms with E-state index in [1.54, 1.807) is 0 Å². The van der Waals surface area contributed by atoms with Gasteiger partial charge < -0.3 is 5.73 Å². The summed E-state index contributed by atoms with van der Waals surface area (Å²) in [5.41, 5.74) is 6.16. The molecular weight excluding hydrogens is 198 g/mol. The van der Waals surface area contributed by atoms with Crippen LogP contribution in [0.15, 0.2) is 0 Å². The fourth-order valence-corrected chi connectivity index (χ4v) is 2.76. The van der Waals surface area contributed by atoms with E-state index in [1.807, 2.05) is 0 Å². The van der Waals surface area contributed by atoms with Crippen molar-refractivity contribution >= 4 is 0 Å². The van der Waals surface area contributed by atoms with Crippen LogP contribution in [0.2, 0.25) is 0 Å². The molecule has 0 aromatic carbocycles. The summed E-state index contributed by atoms with van der Waals surface area (Å²) in [7, 11) is 0. The van der Waals surface area contributed by atoms with Gasteiger partial charge in [0.2, 0.25) is 0 Å². The summed E-state index contributed by atoms with van der Waals surface area (Å²) in [4.78, 5) is 5.20. The second kappa shape index (κ2) is 5.48. The minimum absolute atomic E-state index is 0.368. The van der Waals surface area contributed by atoms with E-state index < -0.39 is 0 Å². The van der Waals surface area contributed by atoms with E-state index >= 15 is 0 Å². The summed E-state index contributed by atoms with van der Waals surface area (Å²) < 4.78 is 0. The van der Waals surface area contributed by atoms with Crippen molar-refractivity contribution in [3.63, 3.8) is 0 Å². The molecule has 1 aliphatic carbocycles. The Morgan fingerprint density at radius 3 is 2.25 bits per heavy atom. The molecule has 1 unspecified atom stereocenters. The molecule has 1 atom stereocenters. The third-order valence-electron chi connectivity index (χ3n) is 3.74. The van der Waals surface area contributed by atoms with Gasteiger partial charge in [-0.05, 0) is 25.2 Å². The fraction of sp³-hybridized carbons (Fsp3) is 1.00. The van der Waals surface area contributed by atoms with Crippen LogP contribution in [-0.4, -0.2) is 54.6 Å². The molecule has 0 aromatic heterocycles. The van der Waals surface area contributed by atoms with Crippen LogP contribution in [0, 0.1) is 5.92 Å². The Bertz CT molecular complexity index is 205. The van der Waals surface area contributed by atoms with Gasteiger partial charge in [-0.15, -0.1) is 0 Å². The first-order chi connectivity index (χ1) is 7.65. The van der Waals surface area contributed by atoms with Gasteiger partial charge in [0.25, 0.3) is 0 Å². The number of hydrogen-bond acceptors (Lipinski definition) is 3. The van der Waals surface area contributed by atoms with Gasteiger partial charge in [0.15, 0.2) is 0 Å². The molecule has 1 saturated carbocycles. The smallest absolute Gasteiger partial charge is 0.0170 e. The highest BCUT2D eigenvalue weighted by molar-refractivity contribution is 4.88. The SMILES string of the molecule is CC(C)CC(N)CN1CCN(C2CC2)CC1. The molecule has 2 rings (SSSR count). The molecule has 2 fully saturated rings. The predicted octanol–water partition coefficient (Wildman–Crippen LogP) is 1.14. The van der Waals surface area contributed by atoms with Crippen LogP contribution in [0.4, 0.5) is 0 Å². The van der Waals surface area contributed by atoms with Gasteiger partial charge in [-0.1, -0.05) is 13.8 Å². The lowest BCUT2D eigenvalue weighted by Crippen LogP contribution is -2.50. The third kappa shape index (κ3) is 3.72. The average Bonchev–Trinajstić information content (AvgIpc) is 3.00. The molecular formula is C13H27N3. The fourth-order valence-electron chi connectivity index (χ4n) is 2.76. The van der Waals surface area contributed by atoms with Crippen LogP contribution < -0.4 is 5.73 Å². The standard InChI is InChI=1S/C13H27N3/c1-11(2)9-12(14)10-15-5-7-16(8-6-15)13-3-4-13/h11-13H,3-10,14H2,1-2H3. The number of nitrogens with two attached hydrogens (primary N) is 1. The van der Waals surface area contributed by atoms with Crippen LogP contribution in [0.3, 0.4) is 0 Å². The maximum atomic E-state index is 6.16. The summed E-state index contributed by atoms with van der Waals surface area (Å²) >= 11 is 0. The van der Waals surface area contributed by atoms with Crippen LogP contribution >= 0.6 is 0 Å². The zero-order valence-corrected chi connectivity index (χ0v) is 10.9. The zero-order chi connectivity index (χ0) is 11.5. The average molecular weight is 225 g/mol. The molecule has 94 valence electrons. The molecule has 16 heavy (non-hydrogen) atoms. The van der Waals surface area contributed by atoms with Crippen molar-refractivity contribution in [3.05, 3.63) is 0 Å². The normalized spacial score (nSPS) is 26.2. The van der Waals surface area contributed by atoms with Gasteiger partial charge >= 0.3 is 0 Å². The van der Waals surface area contributed by atoms with Crippen molar-refractivity contribution in [3.8, 4) is 0 Å². The second-order valence-electron chi connectivity index (χ2n) is 5.96. The van der Waals surface area contributed by atoms with Gasteiger partial charge in [-0.3, -0.25) is 9.80 Å². The van der Waals surface area contributed by atoms with Gasteiger partial charge in [0, 0.05) is 44.8 Å². The van der Waals surface area contributed by atoms with E-state index in [4.69, 9.17) is 5.73 Å². The molecule has 3 heteroatoms.